The Labute approximate surface area is 116 Å². The van der Waals surface area contributed by atoms with Crippen LogP contribution in [0.25, 0.3) is 0 Å². The van der Waals surface area contributed by atoms with Crippen molar-refractivity contribution in [3.63, 3.8) is 0 Å². The lowest BCUT2D eigenvalue weighted by Crippen LogP contribution is -2.31. The predicted octanol–water partition coefficient (Wildman–Crippen LogP) is 5.42. The topological polar surface area (TPSA) is 35.5 Å². The predicted molar refractivity (Wildman–Crippen MR) is 85.6 cm³/mol. The summed E-state index contributed by atoms with van der Waals surface area (Å²) in [4.78, 5) is 0. The summed E-state index contributed by atoms with van der Waals surface area (Å²) in [5.41, 5.74) is 0. The Hall–Kier alpha value is 0.584. The van der Waals surface area contributed by atoms with Crippen molar-refractivity contribution in [2.75, 3.05) is 0 Å². The van der Waals surface area contributed by atoms with Gasteiger partial charge in [0.15, 0.2) is 16.6 Å². The molecule has 0 aliphatic rings. The van der Waals surface area contributed by atoms with Gasteiger partial charge in [0.2, 0.25) is 0 Å². The lowest BCUT2D eigenvalue weighted by atomic mass is 10.4. The van der Waals surface area contributed by atoms with E-state index in [0.29, 0.717) is 0 Å². The third-order valence-electron chi connectivity index (χ3n) is 2.98. The Morgan fingerprint density at radius 2 is 1.17 bits per heavy atom. The average molecular weight is 311 g/mol. The van der Waals surface area contributed by atoms with Gasteiger partial charge < -0.3 is 8.43 Å². The van der Waals surface area contributed by atoms with E-state index in [-0.39, 0.29) is 0 Å². The maximum absolute atomic E-state index is 12.0. The van der Waals surface area contributed by atoms with Gasteiger partial charge in [-0.2, -0.15) is 0 Å². The second-order valence-electron chi connectivity index (χ2n) is 6.18. The van der Waals surface area contributed by atoms with Gasteiger partial charge in [0.1, 0.15) is 0 Å². The van der Waals surface area contributed by atoms with Gasteiger partial charge in [-0.3, -0.25) is 4.57 Å². The molecular formula is C12H31O3PSi2. The van der Waals surface area contributed by atoms with Crippen molar-refractivity contribution in [2.24, 2.45) is 0 Å². The van der Waals surface area contributed by atoms with Crippen LogP contribution in [0, 0.1) is 0 Å². The SMILES string of the molecule is CCCC[Si](C)(C)O[PH](=O)O[Si](C)(C)CCCC. The van der Waals surface area contributed by atoms with Gasteiger partial charge in [0.25, 0.3) is 8.25 Å². The van der Waals surface area contributed by atoms with Crippen molar-refractivity contribution in [3.8, 4) is 0 Å². The molecule has 3 nitrogen and oxygen atoms in total. The van der Waals surface area contributed by atoms with E-state index in [0.717, 1.165) is 24.9 Å². The van der Waals surface area contributed by atoms with Gasteiger partial charge in [0, 0.05) is 0 Å². The highest BCUT2D eigenvalue weighted by atomic mass is 31.1. The second kappa shape index (κ2) is 8.69. The first kappa shape index (κ1) is 18.6. The van der Waals surface area contributed by atoms with Crippen LogP contribution in [0.2, 0.25) is 38.3 Å². The summed E-state index contributed by atoms with van der Waals surface area (Å²) in [5, 5.41) is 0. The van der Waals surface area contributed by atoms with Crippen molar-refractivity contribution < 1.29 is 13.0 Å². The molecule has 0 atom stereocenters. The van der Waals surface area contributed by atoms with E-state index >= 15 is 0 Å². The molecular weight excluding hydrogens is 279 g/mol. The number of rotatable bonds is 10. The maximum atomic E-state index is 12.0. The van der Waals surface area contributed by atoms with E-state index in [2.05, 4.69) is 40.0 Å². The van der Waals surface area contributed by atoms with E-state index in [1.54, 1.807) is 0 Å². The van der Waals surface area contributed by atoms with Crippen molar-refractivity contribution in [1.29, 1.82) is 0 Å². The van der Waals surface area contributed by atoms with Gasteiger partial charge >= 0.3 is 0 Å². The highest BCUT2D eigenvalue weighted by Crippen LogP contribution is 2.36. The molecule has 0 saturated heterocycles. The van der Waals surface area contributed by atoms with Crippen LogP contribution < -0.4 is 0 Å². The van der Waals surface area contributed by atoms with E-state index in [1.165, 1.54) is 12.8 Å². The third-order valence-corrected chi connectivity index (χ3v) is 11.9. The quantitative estimate of drug-likeness (QED) is 0.399. The second-order valence-corrected chi connectivity index (χ2v) is 16.4. The van der Waals surface area contributed by atoms with Gasteiger partial charge in [-0.05, 0) is 38.3 Å². The van der Waals surface area contributed by atoms with Gasteiger partial charge in [-0.1, -0.05) is 39.5 Å². The zero-order chi connectivity index (χ0) is 14.2. The highest BCUT2D eigenvalue weighted by Gasteiger charge is 2.29. The molecule has 0 saturated carbocycles. The fourth-order valence-electron chi connectivity index (χ4n) is 1.78. The molecule has 110 valence electrons. The zero-order valence-electron chi connectivity index (χ0n) is 13.0. The molecule has 6 heteroatoms. The molecule has 0 amide bonds. The maximum Gasteiger partial charge on any atom is 0.299 e. The molecule has 0 heterocycles. The fraction of sp³-hybridized carbons (Fsp3) is 1.00. The molecule has 0 aromatic heterocycles. The summed E-state index contributed by atoms with van der Waals surface area (Å²) >= 11 is 0. The van der Waals surface area contributed by atoms with Gasteiger partial charge in [-0.15, -0.1) is 0 Å². The molecule has 0 N–H and O–H groups in total. The summed E-state index contributed by atoms with van der Waals surface area (Å²) in [5.74, 6) is 0. The first-order chi connectivity index (χ1) is 8.22. The Kier molecular flexibility index (Phi) is 8.98. The van der Waals surface area contributed by atoms with Crippen LogP contribution in [0.4, 0.5) is 0 Å². The highest BCUT2D eigenvalue weighted by molar-refractivity contribution is 7.38. The van der Waals surface area contributed by atoms with Crippen LogP contribution in [0.3, 0.4) is 0 Å². The number of hydrogen-bond acceptors (Lipinski definition) is 3. The van der Waals surface area contributed by atoms with Crippen LogP contribution in [0.5, 0.6) is 0 Å². The Balaban J connectivity index is 4.16. The van der Waals surface area contributed by atoms with Gasteiger partial charge in [-0.25, -0.2) is 0 Å². The largest absolute Gasteiger partial charge is 0.353 e. The minimum atomic E-state index is -2.29. The minimum absolute atomic E-state index is 1.07. The van der Waals surface area contributed by atoms with Crippen molar-refractivity contribution >= 4 is 24.9 Å². The van der Waals surface area contributed by atoms with Crippen LogP contribution in [0.15, 0.2) is 0 Å². The Morgan fingerprint density at radius 3 is 1.44 bits per heavy atom. The molecule has 0 aromatic rings. The van der Waals surface area contributed by atoms with Crippen molar-refractivity contribution in [1.82, 2.24) is 0 Å². The molecule has 0 bridgehead atoms. The molecule has 0 aliphatic carbocycles. The molecule has 0 unspecified atom stereocenters. The monoisotopic (exact) mass is 310 g/mol. The molecule has 0 rings (SSSR count). The zero-order valence-corrected chi connectivity index (χ0v) is 16.0. The molecule has 0 aromatic carbocycles. The molecule has 0 radical (unpaired) electrons. The summed E-state index contributed by atoms with van der Waals surface area (Å²) in [6.45, 7) is 12.9. The van der Waals surface area contributed by atoms with Gasteiger partial charge in [0.05, 0.1) is 0 Å². The molecule has 0 fully saturated rings. The minimum Gasteiger partial charge on any atom is -0.353 e. The first-order valence-corrected chi connectivity index (χ1v) is 14.6. The van der Waals surface area contributed by atoms with E-state index in [4.69, 9.17) is 8.43 Å². The average Bonchev–Trinajstić information content (AvgIpc) is 2.22. The molecule has 0 aliphatic heterocycles. The third kappa shape index (κ3) is 9.51. The normalized spacial score (nSPS) is 13.3. The van der Waals surface area contributed by atoms with Crippen LogP contribution in [0.1, 0.15) is 39.5 Å². The Morgan fingerprint density at radius 1 is 0.833 bits per heavy atom. The summed E-state index contributed by atoms with van der Waals surface area (Å²) in [6, 6.07) is 2.14. The summed E-state index contributed by atoms with van der Waals surface area (Å²) in [7, 11) is -5.87. The lowest BCUT2D eigenvalue weighted by Gasteiger charge is -2.27. The van der Waals surface area contributed by atoms with Crippen molar-refractivity contribution in [2.45, 2.75) is 77.8 Å². The Bertz CT molecular complexity index is 234. The number of hydrogen-bond donors (Lipinski definition) is 0. The summed E-state index contributed by atoms with van der Waals surface area (Å²) in [6.07, 6.45) is 4.65. The standard InChI is InChI=1S/C12H31O3PSi2/c1-7-9-11-17(3,4)14-16(13)15-18(5,6)12-10-8-2/h16H,7-12H2,1-6H3. The molecule has 0 spiro atoms. The number of unbranched alkanes of at least 4 members (excludes halogenated alkanes) is 2. The van der Waals surface area contributed by atoms with E-state index in [1.807, 2.05) is 0 Å². The van der Waals surface area contributed by atoms with Crippen LogP contribution >= 0.6 is 8.25 Å². The van der Waals surface area contributed by atoms with E-state index in [9.17, 15) is 4.57 Å². The fourth-order valence-corrected chi connectivity index (χ4v) is 9.16. The smallest absolute Gasteiger partial charge is 0.299 e. The van der Waals surface area contributed by atoms with Crippen LogP contribution in [-0.2, 0) is 13.0 Å². The van der Waals surface area contributed by atoms with E-state index < -0.39 is 24.9 Å². The lowest BCUT2D eigenvalue weighted by molar-refractivity contribution is 0.406. The first-order valence-electron chi connectivity index (χ1n) is 7.14. The van der Waals surface area contributed by atoms with Crippen molar-refractivity contribution in [3.05, 3.63) is 0 Å². The van der Waals surface area contributed by atoms with Crippen LogP contribution in [-0.4, -0.2) is 16.6 Å². The molecule has 18 heavy (non-hydrogen) atoms. The summed E-state index contributed by atoms with van der Waals surface area (Å²) < 4.78 is 23.5.